The summed E-state index contributed by atoms with van der Waals surface area (Å²) in [6.07, 6.45) is 1.93. The molecular weight excluding hydrogens is 560 g/mol. The van der Waals surface area contributed by atoms with E-state index in [1.807, 2.05) is 66.9 Å². The summed E-state index contributed by atoms with van der Waals surface area (Å²) in [6, 6.07) is 56.2. The Hall–Kier alpha value is -6.26. The summed E-state index contributed by atoms with van der Waals surface area (Å²) in [5.74, 6) is 1.85. The van der Waals surface area contributed by atoms with E-state index in [-0.39, 0.29) is 0 Å². The van der Waals surface area contributed by atoms with Gasteiger partial charge in [0.25, 0.3) is 0 Å². The molecule has 46 heavy (non-hydrogen) atoms. The maximum atomic E-state index is 5.11. The number of pyridine rings is 1. The molecule has 0 atom stereocenters. The zero-order valence-electron chi connectivity index (χ0n) is 25.0. The molecule has 2 heterocycles. The molecule has 2 aromatic heterocycles. The predicted molar refractivity (Wildman–Crippen MR) is 188 cm³/mol. The number of benzene rings is 6. The predicted octanol–water partition coefficient (Wildman–Crippen LogP) is 10.4. The lowest BCUT2D eigenvalue weighted by atomic mass is 9.96. The lowest BCUT2D eigenvalue weighted by Gasteiger charge is -2.13. The molecule has 0 aliphatic carbocycles. The first-order valence-corrected chi connectivity index (χ1v) is 15.3. The second-order valence-electron chi connectivity index (χ2n) is 11.2. The number of nitrogens with zero attached hydrogens (tertiary/aromatic N) is 4. The van der Waals surface area contributed by atoms with Crippen molar-refractivity contribution in [3.05, 3.63) is 170 Å². The highest BCUT2D eigenvalue weighted by molar-refractivity contribution is 5.86. The highest BCUT2D eigenvalue weighted by Gasteiger charge is 2.15. The van der Waals surface area contributed by atoms with E-state index in [4.69, 9.17) is 19.9 Å². The molecule has 4 nitrogen and oxygen atoms in total. The van der Waals surface area contributed by atoms with Crippen LogP contribution in [0, 0.1) is 0 Å². The Morgan fingerprint density at radius 3 is 1.35 bits per heavy atom. The second kappa shape index (κ2) is 12.0. The lowest BCUT2D eigenvalue weighted by Crippen LogP contribution is -2.01. The van der Waals surface area contributed by atoms with E-state index in [9.17, 15) is 0 Å². The van der Waals surface area contributed by atoms with Gasteiger partial charge in [0.15, 0.2) is 17.5 Å². The van der Waals surface area contributed by atoms with Crippen LogP contribution >= 0.6 is 0 Å². The van der Waals surface area contributed by atoms with Gasteiger partial charge in [0, 0.05) is 33.8 Å². The molecule has 4 heteroatoms. The Bertz CT molecular complexity index is 2240. The van der Waals surface area contributed by atoms with Crippen molar-refractivity contribution in [3.63, 3.8) is 0 Å². The lowest BCUT2D eigenvalue weighted by molar-refractivity contribution is 1.07. The zero-order chi connectivity index (χ0) is 30.7. The van der Waals surface area contributed by atoms with Crippen molar-refractivity contribution < 1.29 is 0 Å². The first-order valence-electron chi connectivity index (χ1n) is 15.3. The van der Waals surface area contributed by atoms with E-state index < -0.39 is 0 Å². The maximum Gasteiger partial charge on any atom is 0.164 e. The fourth-order valence-electron chi connectivity index (χ4n) is 5.76. The van der Waals surface area contributed by atoms with E-state index in [2.05, 4.69) is 103 Å². The molecular formula is C42H28N4. The van der Waals surface area contributed by atoms with Gasteiger partial charge >= 0.3 is 0 Å². The molecule has 0 aliphatic heterocycles. The van der Waals surface area contributed by atoms with Crippen LogP contribution in [0.3, 0.4) is 0 Å². The van der Waals surface area contributed by atoms with Crippen LogP contribution in [0.25, 0.3) is 78.4 Å². The Kier molecular flexibility index (Phi) is 7.14. The van der Waals surface area contributed by atoms with Crippen molar-refractivity contribution in [3.8, 4) is 67.7 Å². The average molecular weight is 589 g/mol. The normalized spacial score (nSPS) is 11.0. The molecule has 0 spiro atoms. The molecule has 0 bridgehead atoms. The Morgan fingerprint density at radius 2 is 0.717 bits per heavy atom. The van der Waals surface area contributed by atoms with Gasteiger partial charge in [-0.05, 0) is 58.0 Å². The van der Waals surface area contributed by atoms with E-state index in [0.29, 0.717) is 17.5 Å². The van der Waals surface area contributed by atoms with Crippen LogP contribution in [-0.2, 0) is 0 Å². The van der Waals surface area contributed by atoms with Crippen molar-refractivity contribution in [1.82, 2.24) is 19.9 Å². The van der Waals surface area contributed by atoms with E-state index in [0.717, 1.165) is 61.0 Å². The first kappa shape index (κ1) is 27.3. The smallest absolute Gasteiger partial charge is 0.164 e. The van der Waals surface area contributed by atoms with Gasteiger partial charge in [-0.3, -0.25) is 4.98 Å². The fourth-order valence-corrected chi connectivity index (χ4v) is 5.76. The molecule has 0 saturated carbocycles. The van der Waals surface area contributed by atoms with Gasteiger partial charge in [-0.1, -0.05) is 133 Å². The van der Waals surface area contributed by atoms with Crippen LogP contribution in [0.1, 0.15) is 0 Å². The summed E-state index contributed by atoms with van der Waals surface area (Å²) in [5.41, 5.74) is 9.13. The van der Waals surface area contributed by atoms with Crippen molar-refractivity contribution in [2.24, 2.45) is 0 Å². The molecule has 0 aliphatic rings. The molecule has 0 radical (unpaired) electrons. The average Bonchev–Trinajstić information content (AvgIpc) is 3.15. The summed E-state index contributed by atoms with van der Waals surface area (Å²) < 4.78 is 0. The summed E-state index contributed by atoms with van der Waals surface area (Å²) in [7, 11) is 0. The summed E-state index contributed by atoms with van der Waals surface area (Å²) in [6.45, 7) is 0. The van der Waals surface area contributed by atoms with Crippen LogP contribution in [0.5, 0.6) is 0 Å². The third kappa shape index (κ3) is 5.56. The second-order valence-corrected chi connectivity index (χ2v) is 11.2. The Morgan fingerprint density at radius 1 is 0.283 bits per heavy atom. The molecule has 0 unspecified atom stereocenters. The van der Waals surface area contributed by atoms with Crippen molar-refractivity contribution >= 4 is 10.8 Å². The number of fused-ring (bicyclic) bond motifs is 1. The minimum absolute atomic E-state index is 0.609. The van der Waals surface area contributed by atoms with Gasteiger partial charge in [-0.15, -0.1) is 0 Å². The van der Waals surface area contributed by atoms with Crippen LogP contribution < -0.4 is 0 Å². The molecule has 0 amide bonds. The van der Waals surface area contributed by atoms with Gasteiger partial charge in [0.2, 0.25) is 0 Å². The minimum atomic E-state index is 0.609. The molecule has 8 aromatic rings. The van der Waals surface area contributed by atoms with Gasteiger partial charge in [0.1, 0.15) is 0 Å². The molecule has 0 N–H and O–H groups in total. The number of hydrogen-bond donors (Lipinski definition) is 0. The Balaban J connectivity index is 1.30. The molecule has 0 saturated heterocycles. The SMILES string of the molecule is c1ccc(-c2cc(-c3ccccc3)cc(-c3nc(-c4ccccc4)nc(-c4cccc(-c5cc6ccccc6cn5)c4)n3)c2)cc1. The van der Waals surface area contributed by atoms with E-state index >= 15 is 0 Å². The highest BCUT2D eigenvalue weighted by Crippen LogP contribution is 2.34. The third-order valence-electron chi connectivity index (χ3n) is 8.12. The fraction of sp³-hybridized carbons (Fsp3) is 0. The molecule has 216 valence electrons. The zero-order valence-corrected chi connectivity index (χ0v) is 25.0. The van der Waals surface area contributed by atoms with Crippen LogP contribution in [0.4, 0.5) is 0 Å². The summed E-state index contributed by atoms with van der Waals surface area (Å²) >= 11 is 0. The van der Waals surface area contributed by atoms with E-state index in [1.54, 1.807) is 0 Å². The molecule has 0 fully saturated rings. The maximum absolute atomic E-state index is 5.11. The first-order chi connectivity index (χ1) is 22.8. The minimum Gasteiger partial charge on any atom is -0.256 e. The van der Waals surface area contributed by atoms with Gasteiger partial charge in [-0.25, -0.2) is 15.0 Å². The molecule has 8 rings (SSSR count). The standard InChI is InChI=1S/C42H28N4/c1-4-13-29(14-5-1)36-24-37(30-15-6-2-7-16-30)26-38(25-36)42-45-40(31-17-8-3-9-18-31)44-41(46-42)34-22-12-21-33(23-34)39-27-32-19-10-11-20-35(32)28-43-39/h1-28H. The summed E-state index contributed by atoms with van der Waals surface area (Å²) in [5, 5.41) is 2.27. The van der Waals surface area contributed by atoms with Crippen LogP contribution in [-0.4, -0.2) is 19.9 Å². The van der Waals surface area contributed by atoms with Gasteiger partial charge in [0.05, 0.1) is 5.69 Å². The summed E-state index contributed by atoms with van der Waals surface area (Å²) in [4.78, 5) is 19.9. The number of rotatable bonds is 6. The Labute approximate surface area is 267 Å². The van der Waals surface area contributed by atoms with Crippen molar-refractivity contribution in [2.45, 2.75) is 0 Å². The van der Waals surface area contributed by atoms with Crippen molar-refractivity contribution in [1.29, 1.82) is 0 Å². The third-order valence-corrected chi connectivity index (χ3v) is 8.12. The highest BCUT2D eigenvalue weighted by atomic mass is 15.0. The van der Waals surface area contributed by atoms with E-state index in [1.165, 1.54) is 0 Å². The number of aromatic nitrogens is 4. The van der Waals surface area contributed by atoms with Crippen LogP contribution in [0.2, 0.25) is 0 Å². The number of hydrogen-bond acceptors (Lipinski definition) is 4. The van der Waals surface area contributed by atoms with Crippen molar-refractivity contribution in [2.75, 3.05) is 0 Å². The quantitative estimate of drug-likeness (QED) is 0.194. The van der Waals surface area contributed by atoms with Crippen LogP contribution in [0.15, 0.2) is 170 Å². The van der Waals surface area contributed by atoms with Gasteiger partial charge in [-0.2, -0.15) is 0 Å². The van der Waals surface area contributed by atoms with Gasteiger partial charge < -0.3 is 0 Å². The molecule has 6 aromatic carbocycles. The monoisotopic (exact) mass is 588 g/mol. The topological polar surface area (TPSA) is 51.6 Å². The largest absolute Gasteiger partial charge is 0.256 e.